The number of nitrogens with one attached hydrogen (secondary N) is 8. The fourth-order valence-electron chi connectivity index (χ4n) is 5.78. The molecule has 0 saturated carbocycles. The second-order valence-corrected chi connectivity index (χ2v) is 16.0. The Labute approximate surface area is 375 Å². The molecule has 0 bridgehead atoms. The van der Waals surface area contributed by atoms with Crippen LogP contribution in [0.5, 0.6) is 0 Å². The van der Waals surface area contributed by atoms with E-state index in [4.69, 9.17) is 17.2 Å². The van der Waals surface area contributed by atoms with Crippen LogP contribution >= 0.6 is 0 Å². The number of carbonyl (C=O) groups is 11. The number of nitrogens with two attached hydrogens (primary N) is 3. The zero-order valence-corrected chi connectivity index (χ0v) is 37.5. The van der Waals surface area contributed by atoms with Crippen LogP contribution in [0.3, 0.4) is 0 Å². The Kier molecular flexibility index (Phi) is 26.0. The van der Waals surface area contributed by atoms with E-state index in [1.807, 2.05) is 0 Å². The van der Waals surface area contributed by atoms with Gasteiger partial charge in [-0.3, -0.25) is 57.7 Å². The summed E-state index contributed by atoms with van der Waals surface area (Å²) < 4.78 is 0. The zero-order chi connectivity index (χ0) is 50.3. The van der Waals surface area contributed by atoms with Crippen LogP contribution in [0.4, 0.5) is 0 Å². The lowest BCUT2D eigenvalue weighted by Gasteiger charge is -2.28. The number of guanidine groups is 1. The molecule has 9 amide bonds. The molecular weight excluding hydrogens is 864 g/mol. The van der Waals surface area contributed by atoms with Crippen molar-refractivity contribution in [3.8, 4) is 0 Å². The SMILES string of the molecule is CC(=O)N[C@@H](CCCN=C(N)N)C(=O)N[C@H](C(=O)N[C@@H](CC(=O)O)C(=O)N[C@@H](CC(C)C)C(=O)N[C@H](CC(=O)O)C(=O)N[C@@H](CO)C(=O)N[C@@H](CC(C)C)C(=O)N[C@@H](C)C(N)=O)[C@@H](C)O. The Morgan fingerprint density at radius 1 is 0.523 bits per heavy atom. The molecule has 65 heavy (non-hydrogen) atoms. The molecule has 18 N–H and O–H groups in total. The molecule has 0 heterocycles. The zero-order valence-electron chi connectivity index (χ0n) is 37.5. The van der Waals surface area contributed by atoms with Crippen molar-refractivity contribution in [1.82, 2.24) is 42.5 Å². The van der Waals surface area contributed by atoms with Crippen molar-refractivity contribution in [3.05, 3.63) is 0 Å². The summed E-state index contributed by atoms with van der Waals surface area (Å²) in [6, 6.07) is -12.8. The first kappa shape index (κ1) is 58.4. The number of hydrogen-bond acceptors (Lipinski definition) is 14. The van der Waals surface area contributed by atoms with E-state index >= 15 is 0 Å². The van der Waals surface area contributed by atoms with Gasteiger partial charge in [0.05, 0.1) is 25.6 Å². The molecule has 0 unspecified atom stereocenters. The first-order valence-corrected chi connectivity index (χ1v) is 20.6. The van der Waals surface area contributed by atoms with Gasteiger partial charge in [0.2, 0.25) is 53.2 Å². The summed E-state index contributed by atoms with van der Waals surface area (Å²) in [4.78, 5) is 144. The summed E-state index contributed by atoms with van der Waals surface area (Å²) in [6.07, 6.45) is -3.84. The summed E-state index contributed by atoms with van der Waals surface area (Å²) >= 11 is 0. The summed E-state index contributed by atoms with van der Waals surface area (Å²) in [6.45, 7) is 9.20. The Morgan fingerprint density at radius 3 is 1.29 bits per heavy atom. The number of aliphatic imine (C=N–C) groups is 1. The molecule has 0 fully saturated rings. The van der Waals surface area contributed by atoms with Gasteiger partial charge in [0.25, 0.3) is 0 Å². The second-order valence-electron chi connectivity index (χ2n) is 16.0. The van der Waals surface area contributed by atoms with E-state index in [0.717, 1.165) is 13.8 Å². The summed E-state index contributed by atoms with van der Waals surface area (Å²) in [5.74, 6) is -13.4. The number of nitrogens with zero attached hydrogens (tertiary/aromatic N) is 1. The van der Waals surface area contributed by atoms with Crippen LogP contribution in [0.1, 0.15) is 87.0 Å². The maximum absolute atomic E-state index is 13.7. The van der Waals surface area contributed by atoms with E-state index in [9.17, 15) is 73.2 Å². The van der Waals surface area contributed by atoms with Crippen LogP contribution in [0.25, 0.3) is 0 Å². The number of hydrogen-bond donors (Lipinski definition) is 15. The molecule has 0 aromatic carbocycles. The number of carboxylic acids is 2. The van der Waals surface area contributed by atoms with Crippen molar-refractivity contribution in [2.24, 2.45) is 34.0 Å². The normalized spacial score (nSPS) is 15.1. The van der Waals surface area contributed by atoms with Crippen molar-refractivity contribution in [2.45, 2.75) is 141 Å². The van der Waals surface area contributed by atoms with Gasteiger partial charge in [-0.15, -0.1) is 0 Å². The summed E-state index contributed by atoms with van der Waals surface area (Å²) in [7, 11) is 0. The third-order valence-corrected chi connectivity index (χ3v) is 9.01. The summed E-state index contributed by atoms with van der Waals surface area (Å²) in [5.41, 5.74) is 15.8. The highest BCUT2D eigenvalue weighted by Crippen LogP contribution is 2.10. The van der Waals surface area contributed by atoms with E-state index in [0.29, 0.717) is 0 Å². The van der Waals surface area contributed by atoms with E-state index in [-0.39, 0.29) is 44.1 Å². The van der Waals surface area contributed by atoms with Crippen LogP contribution in [0.15, 0.2) is 4.99 Å². The van der Waals surface area contributed by atoms with Crippen molar-refractivity contribution >= 4 is 71.1 Å². The quantitative estimate of drug-likeness (QED) is 0.0181. The number of aliphatic hydroxyl groups excluding tert-OH is 2. The fourth-order valence-corrected chi connectivity index (χ4v) is 5.78. The molecule has 0 aliphatic rings. The lowest BCUT2D eigenvalue weighted by Crippen LogP contribution is -2.62. The molecule has 27 nitrogen and oxygen atoms in total. The monoisotopic (exact) mass is 930 g/mol. The second kappa shape index (κ2) is 28.9. The van der Waals surface area contributed by atoms with E-state index < -0.39 is 145 Å². The molecule has 0 aromatic rings. The highest BCUT2D eigenvalue weighted by Gasteiger charge is 2.36. The predicted octanol–water partition coefficient (Wildman–Crippen LogP) is -6.14. The van der Waals surface area contributed by atoms with Gasteiger partial charge in [0.15, 0.2) is 5.96 Å². The van der Waals surface area contributed by atoms with Crippen molar-refractivity contribution < 1.29 is 73.2 Å². The average Bonchev–Trinajstić information content (AvgIpc) is 3.17. The minimum absolute atomic E-state index is 0.0226. The minimum atomic E-state index is -1.96. The third kappa shape index (κ3) is 23.6. The van der Waals surface area contributed by atoms with Gasteiger partial charge < -0.3 is 80.2 Å². The smallest absolute Gasteiger partial charge is 0.305 e. The van der Waals surface area contributed by atoms with Gasteiger partial charge in [0.1, 0.15) is 48.3 Å². The highest BCUT2D eigenvalue weighted by atomic mass is 16.4. The first-order chi connectivity index (χ1) is 30.1. The molecule has 9 atom stereocenters. The van der Waals surface area contributed by atoms with Gasteiger partial charge in [-0.25, -0.2) is 0 Å². The lowest BCUT2D eigenvalue weighted by atomic mass is 10.0. The van der Waals surface area contributed by atoms with Crippen molar-refractivity contribution in [3.63, 3.8) is 0 Å². The molecule has 0 saturated heterocycles. The average molecular weight is 931 g/mol. The number of carbonyl (C=O) groups excluding carboxylic acids is 9. The maximum atomic E-state index is 13.7. The first-order valence-electron chi connectivity index (χ1n) is 20.6. The molecule has 0 aliphatic carbocycles. The van der Waals surface area contributed by atoms with Gasteiger partial charge in [0, 0.05) is 13.5 Å². The Hall–Kier alpha value is -6.64. The number of aliphatic carboxylic acids is 2. The summed E-state index contributed by atoms with van der Waals surface area (Å²) in [5, 5.41) is 57.6. The molecule has 27 heteroatoms. The van der Waals surface area contributed by atoms with Gasteiger partial charge in [-0.1, -0.05) is 27.7 Å². The van der Waals surface area contributed by atoms with E-state index in [1.165, 1.54) is 6.92 Å². The van der Waals surface area contributed by atoms with Crippen molar-refractivity contribution in [2.75, 3.05) is 13.2 Å². The van der Waals surface area contributed by atoms with Crippen LogP contribution < -0.4 is 59.7 Å². The number of aliphatic hydroxyl groups is 2. The highest BCUT2D eigenvalue weighted by molar-refractivity contribution is 5.99. The third-order valence-electron chi connectivity index (χ3n) is 9.01. The number of amides is 9. The van der Waals surface area contributed by atoms with E-state index in [2.05, 4.69) is 47.5 Å². The van der Waals surface area contributed by atoms with Crippen LogP contribution in [-0.4, -0.2) is 159 Å². The Balaban J connectivity index is 6.37. The molecular formula is C38H66N12O15. The molecule has 368 valence electrons. The van der Waals surface area contributed by atoms with Crippen LogP contribution in [0, 0.1) is 11.8 Å². The van der Waals surface area contributed by atoms with Gasteiger partial charge >= 0.3 is 11.9 Å². The standard InChI is InChI=1S/C38H66N12O15/c1-16(2)11-22(32(60)43-18(5)30(39)58)46-36(64)26(15-51)49-35(63)24(13-27(54)55)47-33(61)23(12-17(3)4)45-34(62)25(14-28(56)57)48-37(65)29(19(6)52)50-31(59)21(44-20(7)53)9-8-10-42-38(40)41/h16-19,21-26,29,51-52H,8-15H2,1-7H3,(H2,39,58)(H,43,60)(H,44,53)(H,45,62)(H,46,64)(H,47,61)(H,48,65)(H,49,63)(H,50,59)(H,54,55)(H,56,57)(H4,40,41,42)/t18-,19+,21-,22-,23-,24+,25-,26-,29-/m0/s1. The number of primary amides is 1. The van der Waals surface area contributed by atoms with Gasteiger partial charge in [-0.2, -0.15) is 0 Å². The Morgan fingerprint density at radius 2 is 0.908 bits per heavy atom. The molecule has 0 aliphatic heterocycles. The maximum Gasteiger partial charge on any atom is 0.305 e. The molecule has 0 aromatic heterocycles. The van der Waals surface area contributed by atoms with Crippen LogP contribution in [0.2, 0.25) is 0 Å². The largest absolute Gasteiger partial charge is 0.481 e. The number of rotatable bonds is 30. The molecule has 0 spiro atoms. The fraction of sp³-hybridized carbons (Fsp3) is 0.684. The number of carboxylic acid groups (broad SMARTS) is 2. The van der Waals surface area contributed by atoms with Gasteiger partial charge in [-0.05, 0) is 51.4 Å². The molecule has 0 rings (SSSR count). The predicted molar refractivity (Wildman–Crippen MR) is 228 cm³/mol. The van der Waals surface area contributed by atoms with Crippen LogP contribution in [-0.2, 0) is 52.7 Å². The lowest BCUT2D eigenvalue weighted by molar-refractivity contribution is -0.142. The minimum Gasteiger partial charge on any atom is -0.481 e. The van der Waals surface area contributed by atoms with E-state index in [1.54, 1.807) is 27.7 Å². The topological polar surface area (TPSA) is 455 Å². The van der Waals surface area contributed by atoms with Crippen molar-refractivity contribution in [1.29, 1.82) is 0 Å². The Bertz CT molecular complexity index is 1740. The molecule has 0 radical (unpaired) electrons.